The van der Waals surface area contributed by atoms with E-state index in [0.717, 1.165) is 43.9 Å². The number of aromatic nitrogens is 4. The van der Waals surface area contributed by atoms with Gasteiger partial charge in [-0.3, -0.25) is 14.2 Å². The molecule has 0 aliphatic carbocycles. The molecule has 0 atom stereocenters. The van der Waals surface area contributed by atoms with Gasteiger partial charge in [-0.1, -0.05) is 30.3 Å². The molecule has 0 saturated carbocycles. The SMILES string of the molecule is Cn1nc(-c2ccccc2)cc1C(=O)Nc1cnn(CC2CCOCC2)c1. The first-order valence-electron chi connectivity index (χ1n) is 9.20. The average Bonchev–Trinajstić information content (AvgIpc) is 3.29. The van der Waals surface area contributed by atoms with Crippen LogP contribution in [0.1, 0.15) is 23.3 Å². The van der Waals surface area contributed by atoms with Crippen molar-refractivity contribution < 1.29 is 9.53 Å². The maximum absolute atomic E-state index is 12.7. The number of rotatable bonds is 5. The molecule has 0 unspecified atom stereocenters. The van der Waals surface area contributed by atoms with Gasteiger partial charge in [0.05, 0.1) is 17.6 Å². The molecule has 1 N–H and O–H groups in total. The molecule has 2 aromatic heterocycles. The van der Waals surface area contributed by atoms with Gasteiger partial charge < -0.3 is 10.1 Å². The zero-order chi connectivity index (χ0) is 18.6. The molecule has 7 heteroatoms. The van der Waals surface area contributed by atoms with Gasteiger partial charge in [-0.15, -0.1) is 0 Å². The Morgan fingerprint density at radius 2 is 2.04 bits per heavy atom. The number of amides is 1. The fourth-order valence-electron chi connectivity index (χ4n) is 3.35. The van der Waals surface area contributed by atoms with Crippen molar-refractivity contribution in [3.05, 3.63) is 54.5 Å². The molecule has 4 rings (SSSR count). The minimum atomic E-state index is -0.196. The minimum Gasteiger partial charge on any atom is -0.381 e. The summed E-state index contributed by atoms with van der Waals surface area (Å²) in [5.74, 6) is 0.380. The van der Waals surface area contributed by atoms with E-state index < -0.39 is 0 Å². The molecule has 1 fully saturated rings. The first-order valence-corrected chi connectivity index (χ1v) is 9.20. The highest BCUT2D eigenvalue weighted by atomic mass is 16.5. The summed E-state index contributed by atoms with van der Waals surface area (Å²) in [5.41, 5.74) is 2.95. The fraction of sp³-hybridized carbons (Fsp3) is 0.350. The van der Waals surface area contributed by atoms with Crippen LogP contribution in [0.2, 0.25) is 0 Å². The molecule has 0 bridgehead atoms. The number of nitrogens with zero attached hydrogens (tertiary/aromatic N) is 4. The van der Waals surface area contributed by atoms with Crippen LogP contribution in [-0.4, -0.2) is 38.7 Å². The molecule has 7 nitrogen and oxygen atoms in total. The van der Waals surface area contributed by atoms with Crippen molar-refractivity contribution >= 4 is 11.6 Å². The average molecular weight is 365 g/mol. The number of hydrogen-bond acceptors (Lipinski definition) is 4. The van der Waals surface area contributed by atoms with E-state index in [0.29, 0.717) is 17.3 Å². The van der Waals surface area contributed by atoms with E-state index in [4.69, 9.17) is 4.74 Å². The highest BCUT2D eigenvalue weighted by Crippen LogP contribution is 2.20. The van der Waals surface area contributed by atoms with Gasteiger partial charge in [0.2, 0.25) is 0 Å². The van der Waals surface area contributed by atoms with Crippen LogP contribution in [0.4, 0.5) is 5.69 Å². The number of carbonyl (C=O) groups excluding carboxylic acids is 1. The maximum Gasteiger partial charge on any atom is 0.274 e. The Hall–Kier alpha value is -2.93. The van der Waals surface area contributed by atoms with E-state index in [9.17, 15) is 4.79 Å². The van der Waals surface area contributed by atoms with Crippen LogP contribution in [0.15, 0.2) is 48.8 Å². The summed E-state index contributed by atoms with van der Waals surface area (Å²) in [4.78, 5) is 12.7. The van der Waals surface area contributed by atoms with Crippen LogP contribution >= 0.6 is 0 Å². The lowest BCUT2D eigenvalue weighted by molar-refractivity contribution is 0.0601. The minimum absolute atomic E-state index is 0.196. The van der Waals surface area contributed by atoms with E-state index >= 15 is 0 Å². The Morgan fingerprint density at radius 1 is 1.26 bits per heavy atom. The lowest BCUT2D eigenvalue weighted by Crippen LogP contribution is -2.20. The monoisotopic (exact) mass is 365 g/mol. The topological polar surface area (TPSA) is 74.0 Å². The maximum atomic E-state index is 12.7. The molecule has 0 spiro atoms. The van der Waals surface area contributed by atoms with E-state index in [2.05, 4.69) is 15.5 Å². The smallest absolute Gasteiger partial charge is 0.274 e. The van der Waals surface area contributed by atoms with Crippen molar-refractivity contribution in [3.8, 4) is 11.3 Å². The number of anilines is 1. The fourth-order valence-corrected chi connectivity index (χ4v) is 3.35. The number of carbonyl (C=O) groups is 1. The summed E-state index contributed by atoms with van der Waals surface area (Å²) in [5, 5.41) is 11.7. The van der Waals surface area contributed by atoms with Gasteiger partial charge in [0.25, 0.3) is 5.91 Å². The number of aryl methyl sites for hydroxylation is 1. The third-order valence-electron chi connectivity index (χ3n) is 4.86. The second kappa shape index (κ2) is 7.75. The Bertz CT molecular complexity index is 910. The molecule has 0 radical (unpaired) electrons. The van der Waals surface area contributed by atoms with Crippen LogP contribution in [0.3, 0.4) is 0 Å². The van der Waals surface area contributed by atoms with E-state index in [1.807, 2.05) is 41.2 Å². The van der Waals surface area contributed by atoms with Gasteiger partial charge in [0.1, 0.15) is 5.69 Å². The highest BCUT2D eigenvalue weighted by Gasteiger charge is 2.17. The van der Waals surface area contributed by atoms with Crippen molar-refractivity contribution in [3.63, 3.8) is 0 Å². The van der Waals surface area contributed by atoms with Crippen molar-refractivity contribution in [1.82, 2.24) is 19.6 Å². The van der Waals surface area contributed by atoms with Gasteiger partial charge >= 0.3 is 0 Å². The molecular formula is C20H23N5O2. The van der Waals surface area contributed by atoms with Crippen molar-refractivity contribution in [2.75, 3.05) is 18.5 Å². The van der Waals surface area contributed by atoms with Gasteiger partial charge in [-0.05, 0) is 24.8 Å². The molecule has 1 amide bonds. The molecule has 1 saturated heterocycles. The summed E-state index contributed by atoms with van der Waals surface area (Å²) >= 11 is 0. The predicted octanol–water partition coefficient (Wildman–Crippen LogP) is 2.96. The lowest BCUT2D eigenvalue weighted by Gasteiger charge is -2.21. The normalized spacial score (nSPS) is 15.0. The summed E-state index contributed by atoms with van der Waals surface area (Å²) in [7, 11) is 1.77. The lowest BCUT2D eigenvalue weighted by atomic mass is 10.0. The summed E-state index contributed by atoms with van der Waals surface area (Å²) in [6.07, 6.45) is 5.67. The highest BCUT2D eigenvalue weighted by molar-refractivity contribution is 6.03. The number of hydrogen-bond donors (Lipinski definition) is 1. The molecule has 140 valence electrons. The number of benzene rings is 1. The molecule has 3 heterocycles. The molecule has 27 heavy (non-hydrogen) atoms. The second-order valence-electron chi connectivity index (χ2n) is 6.87. The largest absolute Gasteiger partial charge is 0.381 e. The zero-order valence-electron chi connectivity index (χ0n) is 15.3. The standard InChI is InChI=1S/C20H23N5O2/c1-24-19(11-18(23-24)16-5-3-2-4-6-16)20(26)22-17-12-21-25(14-17)13-15-7-9-27-10-8-15/h2-6,11-12,14-15H,7-10,13H2,1H3,(H,22,26). The van der Waals surface area contributed by atoms with E-state index in [1.54, 1.807) is 24.0 Å². The molecule has 1 aliphatic heterocycles. The Morgan fingerprint density at radius 3 is 2.81 bits per heavy atom. The summed E-state index contributed by atoms with van der Waals surface area (Å²) < 4.78 is 8.89. The third kappa shape index (κ3) is 4.09. The molecular weight excluding hydrogens is 342 g/mol. The van der Waals surface area contributed by atoms with Gasteiger partial charge in [-0.25, -0.2) is 0 Å². The van der Waals surface area contributed by atoms with Crippen LogP contribution in [0, 0.1) is 5.92 Å². The van der Waals surface area contributed by atoms with Crippen LogP contribution in [-0.2, 0) is 18.3 Å². The number of ether oxygens (including phenoxy) is 1. The summed E-state index contributed by atoms with van der Waals surface area (Å²) in [6, 6.07) is 11.6. The van der Waals surface area contributed by atoms with Crippen molar-refractivity contribution in [2.24, 2.45) is 13.0 Å². The third-order valence-corrected chi connectivity index (χ3v) is 4.86. The van der Waals surface area contributed by atoms with Crippen LogP contribution < -0.4 is 5.32 Å². The van der Waals surface area contributed by atoms with Crippen LogP contribution in [0.25, 0.3) is 11.3 Å². The Kier molecular flexibility index (Phi) is 5.02. The van der Waals surface area contributed by atoms with E-state index in [1.165, 1.54) is 0 Å². The van der Waals surface area contributed by atoms with Crippen molar-refractivity contribution in [2.45, 2.75) is 19.4 Å². The molecule has 1 aromatic carbocycles. The Labute approximate surface area is 157 Å². The first kappa shape index (κ1) is 17.5. The van der Waals surface area contributed by atoms with Gasteiger partial charge in [-0.2, -0.15) is 10.2 Å². The summed E-state index contributed by atoms with van der Waals surface area (Å²) in [6.45, 7) is 2.49. The van der Waals surface area contributed by atoms with E-state index in [-0.39, 0.29) is 5.91 Å². The molecule has 3 aromatic rings. The van der Waals surface area contributed by atoms with Crippen molar-refractivity contribution in [1.29, 1.82) is 0 Å². The van der Waals surface area contributed by atoms with Gasteiger partial charge in [0.15, 0.2) is 0 Å². The van der Waals surface area contributed by atoms with Crippen LogP contribution in [0.5, 0.6) is 0 Å². The Balaban J connectivity index is 1.43. The molecule has 1 aliphatic rings. The first-order chi connectivity index (χ1) is 13.2. The number of nitrogens with one attached hydrogen (secondary N) is 1. The predicted molar refractivity (Wildman–Crippen MR) is 102 cm³/mol. The second-order valence-corrected chi connectivity index (χ2v) is 6.87. The zero-order valence-corrected chi connectivity index (χ0v) is 15.3. The quantitative estimate of drug-likeness (QED) is 0.754. The van der Waals surface area contributed by atoms with Gasteiger partial charge in [0, 0.05) is 38.6 Å².